The molecule has 0 spiro atoms. The molecule has 0 amide bonds. The Kier molecular flexibility index (Phi) is 3.74. The summed E-state index contributed by atoms with van der Waals surface area (Å²) < 4.78 is 7.61. The highest BCUT2D eigenvalue weighted by Crippen LogP contribution is 2.30. The number of rotatable bonds is 4. The van der Waals surface area contributed by atoms with E-state index in [4.69, 9.17) is 4.74 Å². The molecule has 0 saturated carbocycles. The molecule has 0 aliphatic carbocycles. The maximum Gasteiger partial charge on any atom is 0.130 e. The molecule has 0 radical (unpaired) electrons. The normalized spacial score (nSPS) is 17.8. The summed E-state index contributed by atoms with van der Waals surface area (Å²) in [5.74, 6) is 2.01. The van der Waals surface area contributed by atoms with Gasteiger partial charge in [-0.1, -0.05) is 13.0 Å². The van der Waals surface area contributed by atoms with Crippen molar-refractivity contribution in [3.05, 3.63) is 47.5 Å². The van der Waals surface area contributed by atoms with E-state index in [-0.39, 0.29) is 6.04 Å². The van der Waals surface area contributed by atoms with E-state index < -0.39 is 0 Å². The fourth-order valence-electron chi connectivity index (χ4n) is 2.90. The molecule has 0 bridgehead atoms. The summed E-state index contributed by atoms with van der Waals surface area (Å²) in [6.07, 6.45) is 6.13. The number of aryl methyl sites for hydroxylation is 1. The first-order valence-corrected chi connectivity index (χ1v) is 7.24. The van der Waals surface area contributed by atoms with E-state index in [2.05, 4.69) is 40.1 Å². The van der Waals surface area contributed by atoms with E-state index >= 15 is 0 Å². The number of methoxy groups -OCH3 is 1. The Labute approximate surface area is 119 Å². The highest BCUT2D eigenvalue weighted by atomic mass is 16.5. The molecule has 1 aliphatic heterocycles. The molecule has 1 aliphatic rings. The van der Waals surface area contributed by atoms with Crippen LogP contribution in [0.1, 0.15) is 36.3 Å². The number of nitrogens with one attached hydrogen (secondary N) is 1. The Morgan fingerprint density at radius 1 is 1.45 bits per heavy atom. The smallest absolute Gasteiger partial charge is 0.130 e. The number of hydrogen-bond acceptors (Lipinski definition) is 3. The van der Waals surface area contributed by atoms with Crippen LogP contribution < -0.4 is 10.1 Å². The van der Waals surface area contributed by atoms with Crippen LogP contribution in [0.2, 0.25) is 0 Å². The van der Waals surface area contributed by atoms with Gasteiger partial charge in [0.25, 0.3) is 0 Å². The van der Waals surface area contributed by atoms with Crippen molar-refractivity contribution < 1.29 is 4.74 Å². The van der Waals surface area contributed by atoms with E-state index in [0.29, 0.717) is 0 Å². The average molecular weight is 271 g/mol. The molecule has 0 fully saturated rings. The van der Waals surface area contributed by atoms with Crippen LogP contribution in [0.15, 0.2) is 30.6 Å². The minimum atomic E-state index is 0.162. The van der Waals surface area contributed by atoms with Crippen LogP contribution in [0.3, 0.4) is 0 Å². The van der Waals surface area contributed by atoms with E-state index in [1.54, 1.807) is 7.11 Å². The number of nitrogens with zero attached hydrogens (tertiary/aromatic N) is 2. The molecule has 4 nitrogen and oxygen atoms in total. The molecule has 2 heterocycles. The second-order valence-electron chi connectivity index (χ2n) is 5.18. The van der Waals surface area contributed by atoms with Gasteiger partial charge in [-0.25, -0.2) is 4.98 Å². The first kappa shape index (κ1) is 13.2. The fraction of sp³-hybridized carbons (Fsp3) is 0.438. The molecule has 1 aromatic carbocycles. The molecule has 1 atom stereocenters. The average Bonchev–Trinajstić information content (AvgIpc) is 2.94. The number of aromatic nitrogens is 2. The van der Waals surface area contributed by atoms with E-state index in [9.17, 15) is 0 Å². The summed E-state index contributed by atoms with van der Waals surface area (Å²) in [6.45, 7) is 4.19. The van der Waals surface area contributed by atoms with Gasteiger partial charge in [-0.3, -0.25) is 0 Å². The van der Waals surface area contributed by atoms with Gasteiger partial charge >= 0.3 is 0 Å². The number of ether oxygens (including phenoxy) is 1. The van der Waals surface area contributed by atoms with Crippen LogP contribution in [-0.2, 0) is 13.0 Å². The number of fused-ring (bicyclic) bond motifs is 1. The molecule has 1 aromatic heterocycles. The highest BCUT2D eigenvalue weighted by Gasteiger charge is 2.25. The summed E-state index contributed by atoms with van der Waals surface area (Å²) >= 11 is 0. The van der Waals surface area contributed by atoms with Crippen LogP contribution in [0, 0.1) is 0 Å². The van der Waals surface area contributed by atoms with E-state index in [1.807, 2.05) is 12.3 Å². The van der Waals surface area contributed by atoms with Crippen molar-refractivity contribution in [2.75, 3.05) is 13.7 Å². The van der Waals surface area contributed by atoms with Gasteiger partial charge in [-0.05, 0) is 36.1 Å². The third-order valence-electron chi connectivity index (χ3n) is 3.88. The van der Waals surface area contributed by atoms with Crippen molar-refractivity contribution in [3.63, 3.8) is 0 Å². The van der Waals surface area contributed by atoms with Crippen LogP contribution in [0.25, 0.3) is 0 Å². The quantitative estimate of drug-likeness (QED) is 0.929. The molecular formula is C16H21N3O. The number of hydrogen-bond donors (Lipinski definition) is 1. The second-order valence-corrected chi connectivity index (χ2v) is 5.18. The lowest BCUT2D eigenvalue weighted by atomic mass is 9.93. The zero-order valence-corrected chi connectivity index (χ0v) is 12.1. The summed E-state index contributed by atoms with van der Waals surface area (Å²) in [5.41, 5.74) is 2.68. The standard InChI is InChI=1S/C16H21N3O/c1-3-9-19-10-8-18-16(19)15-14-11-13(20-2)5-4-12(14)6-7-17-15/h4-5,8,10-11,15,17H,3,6-7,9H2,1-2H3. The molecule has 106 valence electrons. The van der Waals surface area contributed by atoms with Gasteiger partial charge < -0.3 is 14.6 Å². The lowest BCUT2D eigenvalue weighted by Crippen LogP contribution is -2.32. The third-order valence-corrected chi connectivity index (χ3v) is 3.88. The number of benzene rings is 1. The zero-order chi connectivity index (χ0) is 13.9. The van der Waals surface area contributed by atoms with Gasteiger partial charge in [0.15, 0.2) is 0 Å². The summed E-state index contributed by atoms with van der Waals surface area (Å²) in [4.78, 5) is 4.57. The Morgan fingerprint density at radius 3 is 3.15 bits per heavy atom. The van der Waals surface area contributed by atoms with Crippen molar-refractivity contribution >= 4 is 0 Å². The molecule has 4 heteroatoms. The minimum Gasteiger partial charge on any atom is -0.497 e. The SMILES string of the molecule is CCCn1ccnc1C1NCCc2ccc(OC)cc21. The Hall–Kier alpha value is -1.81. The van der Waals surface area contributed by atoms with Crippen LogP contribution in [-0.4, -0.2) is 23.2 Å². The van der Waals surface area contributed by atoms with Crippen LogP contribution in [0.4, 0.5) is 0 Å². The van der Waals surface area contributed by atoms with Crippen LogP contribution >= 0.6 is 0 Å². The predicted molar refractivity (Wildman–Crippen MR) is 79.1 cm³/mol. The molecule has 1 unspecified atom stereocenters. The monoisotopic (exact) mass is 271 g/mol. The van der Waals surface area contributed by atoms with Gasteiger partial charge in [-0.2, -0.15) is 0 Å². The van der Waals surface area contributed by atoms with Crippen molar-refractivity contribution in [2.45, 2.75) is 32.4 Å². The first-order chi connectivity index (χ1) is 9.83. The maximum atomic E-state index is 5.37. The molecule has 2 aromatic rings. The van der Waals surface area contributed by atoms with Gasteiger partial charge in [0, 0.05) is 25.5 Å². The van der Waals surface area contributed by atoms with Gasteiger partial charge in [-0.15, -0.1) is 0 Å². The summed E-state index contributed by atoms with van der Waals surface area (Å²) in [7, 11) is 1.71. The molecule has 1 N–H and O–H groups in total. The Morgan fingerprint density at radius 2 is 2.35 bits per heavy atom. The Bertz CT molecular complexity index is 591. The van der Waals surface area contributed by atoms with Gasteiger partial charge in [0.05, 0.1) is 13.2 Å². The van der Waals surface area contributed by atoms with Crippen LogP contribution in [0.5, 0.6) is 5.75 Å². The molecule has 0 saturated heterocycles. The Balaban J connectivity index is 2.02. The number of imidazole rings is 1. The zero-order valence-electron chi connectivity index (χ0n) is 12.1. The predicted octanol–water partition coefficient (Wildman–Crippen LogP) is 2.54. The van der Waals surface area contributed by atoms with E-state index in [0.717, 1.165) is 37.5 Å². The highest BCUT2D eigenvalue weighted by molar-refractivity contribution is 5.41. The van der Waals surface area contributed by atoms with Crippen molar-refractivity contribution in [1.29, 1.82) is 0 Å². The largest absolute Gasteiger partial charge is 0.497 e. The lowest BCUT2D eigenvalue weighted by molar-refractivity contribution is 0.412. The van der Waals surface area contributed by atoms with Gasteiger partial charge in [0.2, 0.25) is 0 Å². The lowest BCUT2D eigenvalue weighted by Gasteiger charge is -2.27. The third kappa shape index (κ3) is 2.31. The van der Waals surface area contributed by atoms with E-state index in [1.165, 1.54) is 11.1 Å². The summed E-state index contributed by atoms with van der Waals surface area (Å²) in [5, 5.41) is 3.59. The molecule has 20 heavy (non-hydrogen) atoms. The summed E-state index contributed by atoms with van der Waals surface area (Å²) in [6, 6.07) is 6.52. The van der Waals surface area contributed by atoms with Crippen molar-refractivity contribution in [2.24, 2.45) is 0 Å². The molecule has 3 rings (SSSR count). The van der Waals surface area contributed by atoms with Crippen molar-refractivity contribution in [1.82, 2.24) is 14.9 Å². The second kappa shape index (κ2) is 5.67. The molecular weight excluding hydrogens is 250 g/mol. The minimum absolute atomic E-state index is 0.162. The van der Waals surface area contributed by atoms with Crippen molar-refractivity contribution in [3.8, 4) is 5.75 Å². The first-order valence-electron chi connectivity index (χ1n) is 7.24. The van der Waals surface area contributed by atoms with Gasteiger partial charge in [0.1, 0.15) is 11.6 Å². The fourth-order valence-corrected chi connectivity index (χ4v) is 2.90. The topological polar surface area (TPSA) is 39.1 Å². The maximum absolute atomic E-state index is 5.37.